The zero-order valence-corrected chi connectivity index (χ0v) is 14.4. The Morgan fingerprint density at radius 3 is 2.43 bits per heavy atom. The summed E-state index contributed by atoms with van der Waals surface area (Å²) in [7, 11) is 1.47. The van der Waals surface area contributed by atoms with E-state index in [1.807, 2.05) is 6.92 Å². The smallest absolute Gasteiger partial charge is 0.412 e. The number of carbonyl (C=O) groups excluding carboxylic acids is 1. The minimum atomic E-state index is -0.627. The first kappa shape index (κ1) is 17.4. The van der Waals surface area contributed by atoms with Gasteiger partial charge in [-0.25, -0.2) is 4.79 Å². The van der Waals surface area contributed by atoms with Crippen molar-refractivity contribution < 1.29 is 19.4 Å². The van der Waals surface area contributed by atoms with Gasteiger partial charge in [-0.15, -0.1) is 0 Å². The van der Waals surface area contributed by atoms with E-state index in [1.165, 1.54) is 7.11 Å². The molecule has 128 valence electrons. The second-order valence-corrected chi connectivity index (χ2v) is 7.15. The van der Waals surface area contributed by atoms with Gasteiger partial charge in [0.05, 0.1) is 12.8 Å². The number of amides is 1. The molecular formula is C17H26N2O4. The number of phenolic OH excluding ortho intramolecular Hbond substituents is 1. The molecule has 0 saturated heterocycles. The van der Waals surface area contributed by atoms with Gasteiger partial charge in [-0.1, -0.05) is 0 Å². The molecule has 1 fully saturated rings. The fourth-order valence-corrected chi connectivity index (χ4v) is 2.70. The van der Waals surface area contributed by atoms with Crippen LogP contribution in [0.2, 0.25) is 0 Å². The van der Waals surface area contributed by atoms with Crippen molar-refractivity contribution in [3.63, 3.8) is 0 Å². The van der Waals surface area contributed by atoms with Crippen molar-refractivity contribution in [1.29, 1.82) is 0 Å². The predicted octanol–water partition coefficient (Wildman–Crippen LogP) is 3.13. The summed E-state index contributed by atoms with van der Waals surface area (Å²) < 4.78 is 10.5. The highest BCUT2D eigenvalue weighted by Crippen LogP contribution is 2.53. The number of aromatic hydroxyl groups is 1. The summed E-state index contributed by atoms with van der Waals surface area (Å²) in [5, 5.41) is 12.8. The largest absolute Gasteiger partial charge is 0.503 e. The Kier molecular flexibility index (Phi) is 4.48. The molecule has 1 amide bonds. The van der Waals surface area contributed by atoms with E-state index in [9.17, 15) is 9.90 Å². The molecule has 4 N–H and O–H groups in total. The van der Waals surface area contributed by atoms with Crippen molar-refractivity contribution in [2.45, 2.75) is 57.6 Å². The number of ether oxygens (including phenoxy) is 2. The number of phenols is 1. The number of nitrogens with two attached hydrogens (primary N) is 1. The Labute approximate surface area is 137 Å². The molecule has 6 heteroatoms. The van der Waals surface area contributed by atoms with Gasteiger partial charge in [0.25, 0.3) is 0 Å². The van der Waals surface area contributed by atoms with Crippen LogP contribution in [0.25, 0.3) is 0 Å². The van der Waals surface area contributed by atoms with Crippen molar-refractivity contribution in [2.24, 2.45) is 5.73 Å². The molecule has 2 rings (SSSR count). The highest BCUT2D eigenvalue weighted by atomic mass is 16.6. The van der Waals surface area contributed by atoms with Crippen molar-refractivity contribution >= 4 is 11.8 Å². The van der Waals surface area contributed by atoms with E-state index < -0.39 is 11.7 Å². The average molecular weight is 322 g/mol. The maximum Gasteiger partial charge on any atom is 0.412 e. The summed E-state index contributed by atoms with van der Waals surface area (Å²) in [6, 6.07) is 3.51. The van der Waals surface area contributed by atoms with Crippen molar-refractivity contribution in [1.82, 2.24) is 0 Å². The third-order valence-corrected chi connectivity index (χ3v) is 4.17. The Morgan fingerprint density at radius 1 is 1.39 bits per heavy atom. The van der Waals surface area contributed by atoms with E-state index in [-0.39, 0.29) is 22.9 Å². The van der Waals surface area contributed by atoms with Crippen LogP contribution in [0.4, 0.5) is 10.5 Å². The minimum absolute atomic E-state index is 0.0221. The first-order chi connectivity index (χ1) is 10.6. The quantitative estimate of drug-likeness (QED) is 0.740. The van der Waals surface area contributed by atoms with Gasteiger partial charge < -0.3 is 20.3 Å². The monoisotopic (exact) mass is 322 g/mol. The van der Waals surface area contributed by atoms with Gasteiger partial charge in [-0.05, 0) is 58.2 Å². The Bertz CT molecular complexity index is 601. The predicted molar refractivity (Wildman–Crippen MR) is 89.1 cm³/mol. The molecule has 1 aromatic carbocycles. The highest BCUT2D eigenvalue weighted by Gasteiger charge is 2.48. The van der Waals surface area contributed by atoms with Crippen LogP contribution in [0.1, 0.15) is 46.1 Å². The number of hydrogen-bond donors (Lipinski definition) is 3. The third kappa shape index (κ3) is 3.69. The summed E-state index contributed by atoms with van der Waals surface area (Å²) >= 11 is 0. The summed E-state index contributed by atoms with van der Waals surface area (Å²) in [6.07, 6.45) is 1.33. The Morgan fingerprint density at radius 2 is 2.00 bits per heavy atom. The Balaban J connectivity index is 2.34. The van der Waals surface area contributed by atoms with E-state index in [0.717, 1.165) is 18.4 Å². The zero-order chi connectivity index (χ0) is 17.4. The van der Waals surface area contributed by atoms with Crippen molar-refractivity contribution in [3.05, 3.63) is 17.7 Å². The molecule has 1 aliphatic rings. The van der Waals surface area contributed by atoms with Gasteiger partial charge >= 0.3 is 6.09 Å². The molecular weight excluding hydrogens is 296 g/mol. The molecule has 1 atom stereocenters. The summed E-state index contributed by atoms with van der Waals surface area (Å²) in [6.45, 7) is 7.30. The van der Waals surface area contributed by atoms with E-state index >= 15 is 0 Å². The van der Waals surface area contributed by atoms with Crippen LogP contribution in [0.15, 0.2) is 12.1 Å². The molecule has 6 nitrogen and oxygen atoms in total. The van der Waals surface area contributed by atoms with Crippen LogP contribution in [0, 0.1) is 0 Å². The zero-order valence-electron chi connectivity index (χ0n) is 14.4. The molecule has 0 spiro atoms. The lowest BCUT2D eigenvalue weighted by atomic mass is 9.89. The van der Waals surface area contributed by atoms with E-state index in [0.29, 0.717) is 5.75 Å². The number of nitrogens with one attached hydrogen (secondary N) is 1. The second-order valence-electron chi connectivity index (χ2n) is 7.15. The molecule has 1 saturated carbocycles. The molecule has 1 unspecified atom stereocenters. The number of carbonyl (C=O) groups is 1. The molecule has 0 radical (unpaired) electrons. The van der Waals surface area contributed by atoms with E-state index in [1.54, 1.807) is 32.9 Å². The summed E-state index contributed by atoms with van der Waals surface area (Å²) in [5.74, 6) is 0.183. The fraction of sp³-hybridized carbons (Fsp3) is 0.588. The lowest BCUT2D eigenvalue weighted by molar-refractivity contribution is 0.0635. The molecule has 1 aromatic rings. The van der Waals surface area contributed by atoms with Gasteiger partial charge in [0.2, 0.25) is 0 Å². The molecule has 0 aliphatic heterocycles. The average Bonchev–Trinajstić information content (AvgIpc) is 3.20. The number of anilines is 1. The third-order valence-electron chi connectivity index (χ3n) is 4.17. The van der Waals surface area contributed by atoms with Crippen LogP contribution in [0.3, 0.4) is 0 Å². The normalized spacial score (nSPS) is 17.3. The van der Waals surface area contributed by atoms with Crippen LogP contribution in [0.5, 0.6) is 11.5 Å². The standard InChI is InChI=1S/C17H26N2O4/c1-10(18)17(6-7-17)11-8-12(14(20)13(9-11)22-5)19-15(21)23-16(2,3)4/h8-10,20H,6-7,18H2,1-5H3,(H,19,21). The van der Waals surface area contributed by atoms with Gasteiger partial charge in [0, 0.05) is 11.5 Å². The maximum atomic E-state index is 12.0. The lowest BCUT2D eigenvalue weighted by Crippen LogP contribution is -2.31. The number of benzene rings is 1. The number of hydrogen-bond acceptors (Lipinski definition) is 5. The summed E-state index contributed by atoms with van der Waals surface area (Å²) in [4.78, 5) is 12.0. The molecule has 0 heterocycles. The van der Waals surface area contributed by atoms with Gasteiger partial charge in [-0.3, -0.25) is 5.32 Å². The van der Waals surface area contributed by atoms with Crippen molar-refractivity contribution in [3.8, 4) is 11.5 Å². The van der Waals surface area contributed by atoms with Crippen LogP contribution in [-0.4, -0.2) is 30.0 Å². The number of rotatable bonds is 4. The summed E-state index contributed by atoms with van der Waals surface area (Å²) in [5.41, 5.74) is 6.59. The van der Waals surface area contributed by atoms with Gasteiger partial charge in [0.15, 0.2) is 11.5 Å². The van der Waals surface area contributed by atoms with Gasteiger partial charge in [0.1, 0.15) is 5.60 Å². The van der Waals surface area contributed by atoms with Crippen LogP contribution in [-0.2, 0) is 10.2 Å². The minimum Gasteiger partial charge on any atom is -0.503 e. The maximum absolute atomic E-state index is 12.0. The van der Waals surface area contributed by atoms with Crippen molar-refractivity contribution in [2.75, 3.05) is 12.4 Å². The Hall–Kier alpha value is -1.95. The number of methoxy groups -OCH3 is 1. The molecule has 0 aromatic heterocycles. The molecule has 1 aliphatic carbocycles. The molecule has 23 heavy (non-hydrogen) atoms. The first-order valence-electron chi connectivity index (χ1n) is 7.76. The van der Waals surface area contributed by atoms with E-state index in [4.69, 9.17) is 15.2 Å². The topological polar surface area (TPSA) is 93.8 Å². The van der Waals surface area contributed by atoms with Crippen LogP contribution >= 0.6 is 0 Å². The SMILES string of the molecule is COc1cc(C2(C(C)N)CC2)cc(NC(=O)OC(C)(C)C)c1O. The lowest BCUT2D eigenvalue weighted by Gasteiger charge is -2.23. The first-order valence-corrected chi connectivity index (χ1v) is 7.76. The fourth-order valence-electron chi connectivity index (χ4n) is 2.70. The molecule has 0 bridgehead atoms. The van der Waals surface area contributed by atoms with E-state index in [2.05, 4.69) is 5.32 Å². The highest BCUT2D eigenvalue weighted by molar-refractivity contribution is 5.88. The van der Waals surface area contributed by atoms with Crippen LogP contribution < -0.4 is 15.8 Å². The van der Waals surface area contributed by atoms with Gasteiger partial charge in [-0.2, -0.15) is 0 Å². The second kappa shape index (κ2) is 5.92.